The summed E-state index contributed by atoms with van der Waals surface area (Å²) in [5, 5.41) is 13.2. The summed E-state index contributed by atoms with van der Waals surface area (Å²) in [6.07, 6.45) is 17.5. The molecule has 0 atom stereocenters. The van der Waals surface area contributed by atoms with Crippen molar-refractivity contribution in [2.24, 2.45) is 0 Å². The van der Waals surface area contributed by atoms with Crippen LogP contribution in [0.25, 0.3) is 87.3 Å². The SMILES string of the molecule is CCCc1ccccc1-n1c2ccccc2c2c(N(c3cccc4c3CCCC4)c3cc(CCC)c4ccc5c(N(c6cccc7c6CCCC7)c6cccc7c6c6ccccc6n7-c6ccccc6CCC)cc(CCC)c6ccc3c4c65)cccc21. The Morgan fingerprint density at radius 3 is 1.10 bits per heavy atom. The van der Waals surface area contributed by atoms with Gasteiger partial charge in [0.05, 0.1) is 44.8 Å². The topological polar surface area (TPSA) is 16.3 Å². The van der Waals surface area contributed by atoms with E-state index in [1.54, 1.807) is 0 Å². The second-order valence-corrected chi connectivity index (χ2v) is 25.4. The zero-order valence-electron chi connectivity index (χ0n) is 51.7. The largest absolute Gasteiger partial charge is 0.309 e. The maximum Gasteiger partial charge on any atom is 0.0562 e. The number of anilines is 6. The molecule has 0 unspecified atom stereocenters. The minimum atomic E-state index is 0.976. The third kappa shape index (κ3) is 8.60. The molecule has 0 amide bonds. The van der Waals surface area contributed by atoms with Crippen molar-refractivity contribution >= 4 is 110 Å². The number of hydrogen-bond acceptors (Lipinski definition) is 2. The van der Waals surface area contributed by atoms with Crippen molar-refractivity contribution in [2.45, 2.75) is 130 Å². The Morgan fingerprint density at radius 2 is 0.648 bits per heavy atom. The molecule has 16 rings (SSSR count). The molecule has 0 saturated carbocycles. The molecule has 12 aromatic carbocycles. The quantitative estimate of drug-likeness (QED) is 0.0897. The summed E-state index contributed by atoms with van der Waals surface area (Å²) in [5.41, 5.74) is 26.7. The molecule has 88 heavy (non-hydrogen) atoms. The summed E-state index contributed by atoms with van der Waals surface area (Å²) in [6.45, 7) is 9.33. The van der Waals surface area contributed by atoms with E-state index in [2.05, 4.69) is 253 Å². The molecule has 0 radical (unpaired) electrons. The average Bonchev–Trinajstić information content (AvgIpc) is 1.00. The standard InChI is InChI=1S/C84H78N4/c1-5-25-57-31-11-17-39-69(57)85-73-41-19-15-37-65(73)83-75(85)45-23-47-77(83)87(71-43-21-33-55-29-9-13-35-61(55)71)79-53-59(27-7-3)63-50-52-68-80(54-60(28-8-4)64-49-51-67(79)81(63)82(64)68)88(72-44-22-34-56-30-10-14-36-62(56)72)78-48-24-46-76-84(78)66-38-16-20-42-74(66)86(76)70-40-18-12-32-58(70)26-6-2/h11-12,15-24,31-34,37-54H,5-10,13-14,25-30,35-36H2,1-4H3. The third-order valence-electron chi connectivity index (χ3n) is 20.1. The van der Waals surface area contributed by atoms with Crippen LogP contribution >= 0.6 is 0 Å². The monoisotopic (exact) mass is 1140 g/mol. The lowest BCUT2D eigenvalue weighted by molar-refractivity contribution is 0.686. The highest BCUT2D eigenvalue weighted by Crippen LogP contribution is 2.54. The van der Waals surface area contributed by atoms with Gasteiger partial charge in [0.15, 0.2) is 0 Å². The predicted octanol–water partition coefficient (Wildman–Crippen LogP) is 23.3. The summed E-state index contributed by atoms with van der Waals surface area (Å²) in [6, 6.07) is 80.7. The highest BCUT2D eigenvalue weighted by atomic mass is 15.2. The molecule has 2 heterocycles. The van der Waals surface area contributed by atoms with Gasteiger partial charge in [-0.1, -0.05) is 187 Å². The summed E-state index contributed by atoms with van der Waals surface area (Å²) in [5.74, 6) is 0. The molecule has 0 spiro atoms. The molecule has 0 bridgehead atoms. The van der Waals surface area contributed by atoms with Gasteiger partial charge in [-0.15, -0.1) is 0 Å². The Morgan fingerprint density at radius 1 is 0.284 bits per heavy atom. The number of aromatic nitrogens is 2. The Balaban J connectivity index is 1.02. The van der Waals surface area contributed by atoms with Crippen LogP contribution in [-0.2, 0) is 51.4 Å². The normalized spacial score (nSPS) is 13.5. The van der Waals surface area contributed by atoms with E-state index in [0.717, 1.165) is 77.0 Å². The number of rotatable bonds is 16. The highest BCUT2D eigenvalue weighted by Gasteiger charge is 2.31. The maximum atomic E-state index is 2.75. The van der Waals surface area contributed by atoms with Gasteiger partial charge in [-0.25, -0.2) is 0 Å². The smallest absolute Gasteiger partial charge is 0.0562 e. The first-order valence-corrected chi connectivity index (χ1v) is 33.4. The van der Waals surface area contributed by atoms with Crippen LogP contribution in [0.1, 0.15) is 124 Å². The third-order valence-corrected chi connectivity index (χ3v) is 20.1. The number of benzene rings is 12. The molecule has 14 aromatic rings. The molecule has 2 aromatic heterocycles. The number of para-hydroxylation sites is 4. The van der Waals surface area contributed by atoms with Gasteiger partial charge >= 0.3 is 0 Å². The van der Waals surface area contributed by atoms with Crippen molar-refractivity contribution in [1.29, 1.82) is 0 Å². The Hall–Kier alpha value is -9.12. The van der Waals surface area contributed by atoms with E-state index in [-0.39, 0.29) is 0 Å². The van der Waals surface area contributed by atoms with Gasteiger partial charge in [0.2, 0.25) is 0 Å². The van der Waals surface area contributed by atoms with E-state index in [4.69, 9.17) is 0 Å². The second-order valence-electron chi connectivity index (χ2n) is 25.4. The molecular weight excluding hydrogens is 1060 g/mol. The number of nitrogens with zero attached hydrogens (tertiary/aromatic N) is 4. The minimum absolute atomic E-state index is 0.976. The molecule has 4 nitrogen and oxygen atoms in total. The fourth-order valence-corrected chi connectivity index (χ4v) is 16.5. The molecule has 0 fully saturated rings. The average molecular weight is 1140 g/mol. The van der Waals surface area contributed by atoms with Crippen molar-refractivity contribution in [1.82, 2.24) is 9.13 Å². The number of fused-ring (bicyclic) bond motifs is 8. The van der Waals surface area contributed by atoms with E-state index in [1.165, 1.54) is 192 Å². The van der Waals surface area contributed by atoms with Crippen LogP contribution in [-0.4, -0.2) is 9.13 Å². The number of hydrogen-bond donors (Lipinski definition) is 0. The summed E-state index contributed by atoms with van der Waals surface area (Å²) in [4.78, 5) is 5.50. The fourth-order valence-electron chi connectivity index (χ4n) is 16.5. The fraction of sp³-hybridized carbons (Fsp3) is 0.238. The maximum absolute atomic E-state index is 2.75. The Bertz CT molecular complexity index is 4690. The van der Waals surface area contributed by atoms with Gasteiger partial charge in [-0.2, -0.15) is 0 Å². The molecule has 0 saturated heterocycles. The van der Waals surface area contributed by atoms with Crippen LogP contribution in [0.4, 0.5) is 34.1 Å². The first kappa shape index (κ1) is 54.3. The zero-order chi connectivity index (χ0) is 59.0. The van der Waals surface area contributed by atoms with Crippen molar-refractivity contribution < 1.29 is 0 Å². The highest BCUT2D eigenvalue weighted by molar-refractivity contribution is 6.30. The molecule has 0 N–H and O–H groups in total. The van der Waals surface area contributed by atoms with Crippen LogP contribution in [0.5, 0.6) is 0 Å². The van der Waals surface area contributed by atoms with Gasteiger partial charge < -0.3 is 18.9 Å². The summed E-state index contributed by atoms with van der Waals surface area (Å²) >= 11 is 0. The van der Waals surface area contributed by atoms with Crippen LogP contribution < -0.4 is 9.80 Å². The molecule has 0 aliphatic heterocycles. The van der Waals surface area contributed by atoms with Gasteiger partial charge in [-0.3, -0.25) is 0 Å². The second kappa shape index (κ2) is 22.5. The van der Waals surface area contributed by atoms with Crippen molar-refractivity contribution in [3.63, 3.8) is 0 Å². The van der Waals surface area contributed by atoms with E-state index in [0.29, 0.717) is 0 Å². The molecule has 2 aliphatic carbocycles. The van der Waals surface area contributed by atoms with E-state index in [1.807, 2.05) is 0 Å². The lowest BCUT2D eigenvalue weighted by Gasteiger charge is -2.34. The first-order chi connectivity index (χ1) is 43.6. The lowest BCUT2D eigenvalue weighted by Crippen LogP contribution is -2.17. The lowest BCUT2D eigenvalue weighted by atomic mass is 9.85. The molecule has 4 heteroatoms. The Labute approximate surface area is 518 Å². The van der Waals surface area contributed by atoms with Gasteiger partial charge in [-0.05, 0) is 216 Å². The molecular formula is C84H78N4. The van der Waals surface area contributed by atoms with Crippen LogP contribution in [0, 0.1) is 0 Å². The van der Waals surface area contributed by atoms with E-state index >= 15 is 0 Å². The van der Waals surface area contributed by atoms with Gasteiger partial charge in [0, 0.05) is 55.1 Å². The van der Waals surface area contributed by atoms with E-state index < -0.39 is 0 Å². The summed E-state index contributed by atoms with van der Waals surface area (Å²) in [7, 11) is 0. The van der Waals surface area contributed by atoms with Gasteiger partial charge in [0.1, 0.15) is 0 Å². The van der Waals surface area contributed by atoms with Crippen molar-refractivity contribution in [3.8, 4) is 11.4 Å². The predicted molar refractivity (Wildman–Crippen MR) is 377 cm³/mol. The van der Waals surface area contributed by atoms with Crippen LogP contribution in [0.2, 0.25) is 0 Å². The van der Waals surface area contributed by atoms with Crippen molar-refractivity contribution in [3.05, 3.63) is 251 Å². The summed E-state index contributed by atoms with van der Waals surface area (Å²) < 4.78 is 5.14. The number of aryl methyl sites for hydroxylation is 6. The Kier molecular flexibility index (Phi) is 13.9. The molecule has 2 aliphatic rings. The van der Waals surface area contributed by atoms with Crippen LogP contribution in [0.15, 0.2) is 206 Å². The van der Waals surface area contributed by atoms with Crippen LogP contribution in [0.3, 0.4) is 0 Å². The van der Waals surface area contributed by atoms with E-state index in [9.17, 15) is 0 Å². The first-order valence-electron chi connectivity index (χ1n) is 33.4. The molecule has 434 valence electrons. The van der Waals surface area contributed by atoms with Crippen molar-refractivity contribution in [2.75, 3.05) is 9.80 Å². The minimum Gasteiger partial charge on any atom is -0.309 e. The van der Waals surface area contributed by atoms with Gasteiger partial charge in [0.25, 0.3) is 0 Å². The zero-order valence-corrected chi connectivity index (χ0v) is 51.7.